The van der Waals surface area contributed by atoms with Gasteiger partial charge < -0.3 is 4.90 Å². The van der Waals surface area contributed by atoms with Gasteiger partial charge in [0.15, 0.2) is 5.16 Å². The number of thioether (sulfide) groups is 1. The van der Waals surface area contributed by atoms with E-state index >= 15 is 0 Å². The van der Waals surface area contributed by atoms with Gasteiger partial charge in [0.2, 0.25) is 0 Å². The molecular formula is C16H25N3OS. The van der Waals surface area contributed by atoms with Crippen molar-refractivity contribution in [2.45, 2.75) is 45.2 Å². The third kappa shape index (κ3) is 4.19. The van der Waals surface area contributed by atoms with Gasteiger partial charge in [-0.15, -0.1) is 0 Å². The topological polar surface area (TPSA) is 46.1 Å². The summed E-state index contributed by atoms with van der Waals surface area (Å²) in [6.07, 6.45) is 8.59. The molecule has 1 unspecified atom stereocenters. The maximum Gasteiger partial charge on any atom is 0.256 e. The zero-order valence-corrected chi connectivity index (χ0v) is 14.2. The highest BCUT2D eigenvalue weighted by Crippen LogP contribution is 2.34. The molecule has 0 aromatic carbocycles. The Kier molecular flexibility index (Phi) is 5.25. The zero-order chi connectivity index (χ0) is 15.5. The van der Waals surface area contributed by atoms with Gasteiger partial charge >= 0.3 is 0 Å². The summed E-state index contributed by atoms with van der Waals surface area (Å²) < 4.78 is 0. The number of amides is 1. The second-order valence-corrected chi connectivity index (χ2v) is 7.52. The Hall–Kier alpha value is -1.10. The van der Waals surface area contributed by atoms with Crippen LogP contribution in [0.25, 0.3) is 0 Å². The summed E-state index contributed by atoms with van der Waals surface area (Å²) in [6, 6.07) is 0. The molecule has 1 atom stereocenters. The zero-order valence-electron chi connectivity index (χ0n) is 13.4. The molecule has 1 aliphatic heterocycles. The molecule has 2 rings (SSSR count). The summed E-state index contributed by atoms with van der Waals surface area (Å²) in [5.74, 6) is 0.752. The maximum atomic E-state index is 12.5. The van der Waals surface area contributed by atoms with Crippen LogP contribution in [0.15, 0.2) is 17.6 Å². The van der Waals surface area contributed by atoms with Crippen LogP contribution in [0.1, 0.15) is 50.4 Å². The van der Waals surface area contributed by atoms with Crippen LogP contribution in [0.2, 0.25) is 0 Å². The van der Waals surface area contributed by atoms with Crippen molar-refractivity contribution >= 4 is 17.7 Å². The Morgan fingerprint density at radius 1 is 1.24 bits per heavy atom. The average Bonchev–Trinajstić information content (AvgIpc) is 2.72. The molecule has 1 aromatic rings. The summed E-state index contributed by atoms with van der Waals surface area (Å²) in [4.78, 5) is 22.9. The van der Waals surface area contributed by atoms with Crippen molar-refractivity contribution in [2.24, 2.45) is 11.3 Å². The molecular weight excluding hydrogens is 282 g/mol. The van der Waals surface area contributed by atoms with Gasteiger partial charge in [-0.05, 0) is 36.9 Å². The Morgan fingerprint density at radius 2 is 1.90 bits per heavy atom. The van der Waals surface area contributed by atoms with Crippen LogP contribution in [0.4, 0.5) is 0 Å². The second-order valence-electron chi connectivity index (χ2n) is 6.74. The highest BCUT2D eigenvalue weighted by atomic mass is 32.2. The van der Waals surface area contributed by atoms with E-state index < -0.39 is 0 Å². The SMILES string of the molecule is CSc1ncc(C(=O)N2CCCC(C(C)(C)C)CC2)cn1. The Bertz CT molecular complexity index is 481. The van der Waals surface area contributed by atoms with Gasteiger partial charge in [-0.25, -0.2) is 9.97 Å². The number of carbonyl (C=O) groups excluding carboxylic acids is 1. The van der Waals surface area contributed by atoms with Crippen LogP contribution in [-0.2, 0) is 0 Å². The summed E-state index contributed by atoms with van der Waals surface area (Å²) in [5, 5.41) is 0.704. The first-order valence-electron chi connectivity index (χ1n) is 7.57. The minimum atomic E-state index is 0.0669. The quantitative estimate of drug-likeness (QED) is 0.620. The molecule has 1 saturated heterocycles. The van der Waals surface area contributed by atoms with E-state index in [4.69, 9.17) is 0 Å². The van der Waals surface area contributed by atoms with E-state index in [2.05, 4.69) is 30.7 Å². The number of carbonyl (C=O) groups is 1. The number of likely N-dealkylation sites (tertiary alicyclic amines) is 1. The monoisotopic (exact) mass is 307 g/mol. The standard InChI is InChI=1S/C16H25N3OS/c1-16(2,3)13-6-5-8-19(9-7-13)14(20)12-10-17-15(21-4)18-11-12/h10-11,13H,5-9H2,1-4H3. The van der Waals surface area contributed by atoms with Gasteiger partial charge in [0.25, 0.3) is 5.91 Å². The third-order valence-electron chi connectivity index (χ3n) is 4.30. The largest absolute Gasteiger partial charge is 0.339 e. The van der Waals surface area contributed by atoms with Crippen LogP contribution in [0.3, 0.4) is 0 Å². The molecule has 1 aromatic heterocycles. The van der Waals surface area contributed by atoms with Crippen molar-refractivity contribution in [3.63, 3.8) is 0 Å². The summed E-state index contributed by atoms with van der Waals surface area (Å²) >= 11 is 1.48. The lowest BCUT2D eigenvalue weighted by Gasteiger charge is -2.29. The highest BCUT2D eigenvalue weighted by Gasteiger charge is 2.28. The minimum absolute atomic E-state index is 0.0669. The molecule has 4 nitrogen and oxygen atoms in total. The van der Waals surface area contributed by atoms with E-state index in [0.29, 0.717) is 22.1 Å². The van der Waals surface area contributed by atoms with Gasteiger partial charge in [-0.2, -0.15) is 0 Å². The molecule has 21 heavy (non-hydrogen) atoms. The molecule has 1 amide bonds. The lowest BCUT2D eigenvalue weighted by Crippen LogP contribution is -2.32. The highest BCUT2D eigenvalue weighted by molar-refractivity contribution is 7.98. The van der Waals surface area contributed by atoms with Crippen LogP contribution in [0.5, 0.6) is 0 Å². The van der Waals surface area contributed by atoms with Crippen LogP contribution in [-0.4, -0.2) is 40.1 Å². The van der Waals surface area contributed by atoms with Crippen molar-refractivity contribution in [2.75, 3.05) is 19.3 Å². The maximum absolute atomic E-state index is 12.5. The molecule has 0 aliphatic carbocycles. The van der Waals surface area contributed by atoms with Crippen molar-refractivity contribution in [3.05, 3.63) is 18.0 Å². The lowest BCUT2D eigenvalue weighted by molar-refractivity contribution is 0.0754. The molecule has 1 fully saturated rings. The van der Waals surface area contributed by atoms with Crippen molar-refractivity contribution in [3.8, 4) is 0 Å². The van der Waals surface area contributed by atoms with E-state index in [-0.39, 0.29) is 5.91 Å². The number of nitrogens with zero attached hydrogens (tertiary/aromatic N) is 3. The van der Waals surface area contributed by atoms with Gasteiger partial charge in [0, 0.05) is 25.5 Å². The van der Waals surface area contributed by atoms with Crippen molar-refractivity contribution in [1.82, 2.24) is 14.9 Å². The summed E-state index contributed by atoms with van der Waals surface area (Å²) in [6.45, 7) is 8.57. The fourth-order valence-electron chi connectivity index (χ4n) is 2.88. The van der Waals surface area contributed by atoms with Crippen LogP contribution in [0, 0.1) is 11.3 Å². The van der Waals surface area contributed by atoms with Gasteiger partial charge in [-0.1, -0.05) is 32.5 Å². The smallest absolute Gasteiger partial charge is 0.256 e. The predicted molar refractivity (Wildman–Crippen MR) is 86.5 cm³/mol. The Morgan fingerprint density at radius 3 is 2.48 bits per heavy atom. The molecule has 116 valence electrons. The van der Waals surface area contributed by atoms with Gasteiger partial charge in [-0.3, -0.25) is 4.79 Å². The average molecular weight is 307 g/mol. The Balaban J connectivity index is 2.02. The molecule has 0 radical (unpaired) electrons. The van der Waals surface area contributed by atoms with Gasteiger partial charge in [0.05, 0.1) is 5.56 Å². The van der Waals surface area contributed by atoms with Crippen molar-refractivity contribution < 1.29 is 4.79 Å². The normalized spacial score (nSPS) is 20.2. The molecule has 2 heterocycles. The van der Waals surface area contributed by atoms with E-state index in [0.717, 1.165) is 25.9 Å². The van der Waals surface area contributed by atoms with E-state index in [1.165, 1.54) is 18.2 Å². The van der Waals surface area contributed by atoms with E-state index in [1.54, 1.807) is 12.4 Å². The van der Waals surface area contributed by atoms with Crippen molar-refractivity contribution in [1.29, 1.82) is 0 Å². The first-order valence-corrected chi connectivity index (χ1v) is 8.79. The molecule has 1 aliphatic rings. The summed E-state index contributed by atoms with van der Waals surface area (Å²) in [7, 11) is 0. The number of hydrogen-bond donors (Lipinski definition) is 0. The number of hydrogen-bond acceptors (Lipinski definition) is 4. The van der Waals surface area contributed by atoms with E-state index in [1.807, 2.05) is 11.2 Å². The van der Waals surface area contributed by atoms with Gasteiger partial charge in [0.1, 0.15) is 0 Å². The minimum Gasteiger partial charge on any atom is -0.339 e. The number of rotatable bonds is 2. The van der Waals surface area contributed by atoms with Crippen LogP contribution >= 0.6 is 11.8 Å². The van der Waals surface area contributed by atoms with E-state index in [9.17, 15) is 4.79 Å². The first kappa shape index (κ1) is 16.3. The predicted octanol–water partition coefficient (Wildman–Crippen LogP) is 3.49. The molecule has 0 bridgehead atoms. The fraction of sp³-hybridized carbons (Fsp3) is 0.688. The lowest BCUT2D eigenvalue weighted by atomic mass is 9.77. The van der Waals surface area contributed by atoms with Crippen LogP contribution < -0.4 is 0 Å². The molecule has 0 N–H and O–H groups in total. The third-order valence-corrected chi connectivity index (χ3v) is 4.87. The molecule has 0 spiro atoms. The second kappa shape index (κ2) is 6.77. The fourth-order valence-corrected chi connectivity index (χ4v) is 3.20. The molecule has 0 saturated carbocycles. The molecule has 5 heteroatoms. The first-order chi connectivity index (χ1) is 9.91. The summed E-state index contributed by atoms with van der Waals surface area (Å²) in [5.41, 5.74) is 0.921. The Labute approximate surface area is 131 Å². The number of aromatic nitrogens is 2.